The number of hydrogen-bond acceptors (Lipinski definition) is 2. The van der Waals surface area contributed by atoms with Crippen LogP contribution in [0, 0.1) is 5.82 Å². The molecule has 0 radical (unpaired) electrons. The topological polar surface area (TPSA) is 29.5 Å². The fourth-order valence-corrected chi connectivity index (χ4v) is 2.04. The van der Waals surface area contributed by atoms with Crippen LogP contribution >= 0.6 is 0 Å². The van der Waals surface area contributed by atoms with Crippen LogP contribution in [0.25, 0.3) is 6.08 Å². The zero-order chi connectivity index (χ0) is 15.9. The van der Waals surface area contributed by atoms with E-state index < -0.39 is 0 Å². The molecule has 0 spiro atoms. The lowest BCUT2D eigenvalue weighted by Crippen LogP contribution is -2.24. The van der Waals surface area contributed by atoms with E-state index in [1.807, 2.05) is 24.3 Å². The van der Waals surface area contributed by atoms with Crippen LogP contribution in [0.4, 0.5) is 4.39 Å². The second kappa shape index (κ2) is 7.41. The highest BCUT2D eigenvalue weighted by Gasteiger charge is 2.09. The summed E-state index contributed by atoms with van der Waals surface area (Å²) in [5, 5.41) is 0. The summed E-state index contributed by atoms with van der Waals surface area (Å²) in [6, 6.07) is 13.6. The molecule has 0 heterocycles. The Morgan fingerprint density at radius 3 is 2.55 bits per heavy atom. The van der Waals surface area contributed by atoms with E-state index >= 15 is 0 Å². The molecule has 22 heavy (non-hydrogen) atoms. The molecule has 0 aromatic heterocycles. The third-order valence-electron chi connectivity index (χ3n) is 3.26. The number of ether oxygens (including phenoxy) is 1. The zero-order valence-corrected chi connectivity index (χ0v) is 12.6. The second-order valence-electron chi connectivity index (χ2n) is 4.89. The van der Waals surface area contributed by atoms with Crippen molar-refractivity contribution in [1.82, 2.24) is 4.90 Å². The summed E-state index contributed by atoms with van der Waals surface area (Å²) >= 11 is 0. The van der Waals surface area contributed by atoms with Gasteiger partial charge in [-0.25, -0.2) is 4.39 Å². The summed E-state index contributed by atoms with van der Waals surface area (Å²) < 4.78 is 18.1. The summed E-state index contributed by atoms with van der Waals surface area (Å²) in [7, 11) is 3.33. The lowest BCUT2D eigenvalue weighted by atomic mass is 10.2. The average Bonchev–Trinajstić information content (AvgIpc) is 2.54. The Labute approximate surface area is 129 Å². The van der Waals surface area contributed by atoms with Crippen LogP contribution in [0.2, 0.25) is 0 Å². The summed E-state index contributed by atoms with van der Waals surface area (Å²) in [5.74, 6) is 0.330. The molecule has 0 atom stereocenters. The minimum atomic E-state index is -0.295. The molecule has 0 aliphatic heterocycles. The van der Waals surface area contributed by atoms with Crippen LogP contribution in [-0.4, -0.2) is 25.0 Å². The number of rotatable bonds is 5. The van der Waals surface area contributed by atoms with Crippen LogP contribution in [0.15, 0.2) is 54.6 Å². The number of carbonyl (C=O) groups is 1. The molecule has 0 aliphatic carbocycles. The molecule has 0 unspecified atom stereocenters. The number of nitrogens with zero attached hydrogens (tertiary/aromatic N) is 1. The van der Waals surface area contributed by atoms with Gasteiger partial charge in [-0.3, -0.25) is 4.79 Å². The Kier molecular flexibility index (Phi) is 5.31. The maximum Gasteiger partial charge on any atom is 0.246 e. The van der Waals surface area contributed by atoms with Gasteiger partial charge in [0.1, 0.15) is 11.6 Å². The minimum Gasteiger partial charge on any atom is -0.496 e. The molecular weight excluding hydrogens is 281 g/mol. The van der Waals surface area contributed by atoms with E-state index in [1.54, 1.807) is 37.3 Å². The number of likely N-dealkylation sites (N-methyl/N-ethyl adjacent to an activating group) is 1. The Morgan fingerprint density at radius 1 is 1.18 bits per heavy atom. The smallest absolute Gasteiger partial charge is 0.246 e. The number of methoxy groups -OCH3 is 1. The van der Waals surface area contributed by atoms with Crippen molar-refractivity contribution in [2.75, 3.05) is 14.2 Å². The third-order valence-corrected chi connectivity index (χ3v) is 3.26. The highest BCUT2D eigenvalue weighted by atomic mass is 19.1. The van der Waals surface area contributed by atoms with E-state index in [-0.39, 0.29) is 11.7 Å². The second-order valence-corrected chi connectivity index (χ2v) is 4.89. The zero-order valence-electron chi connectivity index (χ0n) is 12.6. The van der Waals surface area contributed by atoms with E-state index in [1.165, 1.54) is 18.2 Å². The van der Waals surface area contributed by atoms with Gasteiger partial charge in [0, 0.05) is 25.2 Å². The number of benzene rings is 2. The first-order valence-electron chi connectivity index (χ1n) is 6.91. The minimum absolute atomic E-state index is 0.129. The lowest BCUT2D eigenvalue weighted by molar-refractivity contribution is -0.125. The van der Waals surface area contributed by atoms with Gasteiger partial charge in [0.2, 0.25) is 5.91 Å². The molecule has 0 aliphatic rings. The van der Waals surface area contributed by atoms with Crippen molar-refractivity contribution in [3.8, 4) is 5.75 Å². The molecule has 114 valence electrons. The van der Waals surface area contributed by atoms with Gasteiger partial charge >= 0.3 is 0 Å². The van der Waals surface area contributed by atoms with Crippen LogP contribution < -0.4 is 4.74 Å². The molecule has 0 N–H and O–H groups in total. The van der Waals surface area contributed by atoms with E-state index in [0.29, 0.717) is 6.54 Å². The van der Waals surface area contributed by atoms with Crippen molar-refractivity contribution < 1.29 is 13.9 Å². The maximum atomic E-state index is 12.8. The Balaban J connectivity index is 2.01. The molecular formula is C18H18FNO2. The highest BCUT2D eigenvalue weighted by molar-refractivity contribution is 5.91. The predicted molar refractivity (Wildman–Crippen MR) is 84.9 cm³/mol. The molecule has 2 aromatic rings. The number of halogens is 1. The molecule has 0 fully saturated rings. The van der Waals surface area contributed by atoms with Crippen LogP contribution in [0.3, 0.4) is 0 Å². The van der Waals surface area contributed by atoms with Gasteiger partial charge in [-0.15, -0.1) is 0 Å². The van der Waals surface area contributed by atoms with E-state index in [0.717, 1.165) is 16.9 Å². The molecule has 0 bridgehead atoms. The normalized spacial score (nSPS) is 10.7. The quantitative estimate of drug-likeness (QED) is 0.791. The predicted octanol–water partition coefficient (Wildman–Crippen LogP) is 3.51. The van der Waals surface area contributed by atoms with Gasteiger partial charge in [-0.1, -0.05) is 30.3 Å². The van der Waals surface area contributed by atoms with Gasteiger partial charge in [-0.2, -0.15) is 0 Å². The van der Waals surface area contributed by atoms with Gasteiger partial charge < -0.3 is 9.64 Å². The van der Waals surface area contributed by atoms with Crippen LogP contribution in [0.1, 0.15) is 11.1 Å². The van der Waals surface area contributed by atoms with Gasteiger partial charge in [0.25, 0.3) is 0 Å². The Hall–Kier alpha value is -2.62. The molecule has 0 saturated carbocycles. The lowest BCUT2D eigenvalue weighted by Gasteiger charge is -2.17. The summed E-state index contributed by atoms with van der Waals surface area (Å²) in [5.41, 5.74) is 1.72. The number of hydrogen-bond donors (Lipinski definition) is 0. The fourth-order valence-electron chi connectivity index (χ4n) is 2.04. The number of carbonyl (C=O) groups excluding carboxylic acids is 1. The van der Waals surface area contributed by atoms with Crippen LogP contribution in [0.5, 0.6) is 5.75 Å². The van der Waals surface area contributed by atoms with Crippen LogP contribution in [-0.2, 0) is 11.3 Å². The van der Waals surface area contributed by atoms with Crippen molar-refractivity contribution in [3.05, 3.63) is 71.6 Å². The third kappa shape index (κ3) is 4.19. The molecule has 3 nitrogen and oxygen atoms in total. The van der Waals surface area contributed by atoms with E-state index in [9.17, 15) is 9.18 Å². The Morgan fingerprint density at radius 2 is 1.86 bits per heavy atom. The molecule has 2 aromatic carbocycles. The van der Waals surface area contributed by atoms with Crippen molar-refractivity contribution >= 4 is 12.0 Å². The Bertz CT molecular complexity index is 665. The molecule has 2 rings (SSSR count). The van der Waals surface area contributed by atoms with Gasteiger partial charge in [-0.05, 0) is 29.8 Å². The van der Waals surface area contributed by atoms with E-state index in [2.05, 4.69) is 0 Å². The molecule has 1 amide bonds. The number of para-hydroxylation sites is 1. The van der Waals surface area contributed by atoms with E-state index in [4.69, 9.17) is 4.74 Å². The van der Waals surface area contributed by atoms with Crippen molar-refractivity contribution in [2.45, 2.75) is 6.54 Å². The summed E-state index contributed by atoms with van der Waals surface area (Å²) in [6.45, 7) is 0.455. The fraction of sp³-hybridized carbons (Fsp3) is 0.167. The SMILES string of the molecule is COc1ccccc1CN(C)C(=O)/C=C/c1ccc(F)cc1. The van der Waals surface area contributed by atoms with Gasteiger partial charge in [0.05, 0.1) is 7.11 Å². The largest absolute Gasteiger partial charge is 0.496 e. The average molecular weight is 299 g/mol. The molecule has 4 heteroatoms. The summed E-state index contributed by atoms with van der Waals surface area (Å²) in [4.78, 5) is 13.7. The van der Waals surface area contributed by atoms with Crippen molar-refractivity contribution in [3.63, 3.8) is 0 Å². The first-order valence-corrected chi connectivity index (χ1v) is 6.91. The van der Waals surface area contributed by atoms with Crippen molar-refractivity contribution in [1.29, 1.82) is 0 Å². The van der Waals surface area contributed by atoms with Gasteiger partial charge in [0.15, 0.2) is 0 Å². The first kappa shape index (κ1) is 15.8. The maximum absolute atomic E-state index is 12.8. The first-order chi connectivity index (χ1) is 10.6. The number of amides is 1. The standard InChI is InChI=1S/C18H18FNO2/c1-20(13-15-5-3-4-6-17(15)22-2)18(21)12-9-14-7-10-16(19)11-8-14/h3-12H,13H2,1-2H3/b12-9+. The highest BCUT2D eigenvalue weighted by Crippen LogP contribution is 2.18. The monoisotopic (exact) mass is 299 g/mol. The van der Waals surface area contributed by atoms with Crippen molar-refractivity contribution in [2.24, 2.45) is 0 Å². The summed E-state index contributed by atoms with van der Waals surface area (Å²) in [6.07, 6.45) is 3.14. The molecule has 0 saturated heterocycles.